The van der Waals surface area contributed by atoms with Crippen LogP contribution in [0.1, 0.15) is 36.4 Å². The van der Waals surface area contributed by atoms with Crippen LogP contribution in [0.4, 0.5) is 4.39 Å². The van der Waals surface area contributed by atoms with Gasteiger partial charge in [0, 0.05) is 12.5 Å². The Bertz CT molecular complexity index is 379. The molecule has 0 spiro atoms. The Morgan fingerprint density at radius 1 is 1.50 bits per heavy atom. The van der Waals surface area contributed by atoms with Gasteiger partial charge in [0.1, 0.15) is 5.82 Å². The number of nitrogens with two attached hydrogens (primary N) is 2. The molecule has 0 aliphatic carbocycles. The van der Waals surface area contributed by atoms with Gasteiger partial charge >= 0.3 is 0 Å². The fourth-order valence-corrected chi connectivity index (χ4v) is 1.56. The molecule has 16 heavy (non-hydrogen) atoms. The van der Waals surface area contributed by atoms with Crippen molar-refractivity contribution in [3.8, 4) is 0 Å². The maximum Gasteiger partial charge on any atom is 0.217 e. The second-order valence-electron chi connectivity index (χ2n) is 3.97. The maximum absolute atomic E-state index is 13.0. The highest BCUT2D eigenvalue weighted by atomic mass is 19.1. The summed E-state index contributed by atoms with van der Waals surface area (Å²) in [6.07, 6.45) is 1.68. The topological polar surface area (TPSA) is 69.1 Å². The third-order valence-corrected chi connectivity index (χ3v) is 2.55. The average molecular weight is 224 g/mol. The number of carbonyl (C=O) groups excluding carboxylic acids is 1. The van der Waals surface area contributed by atoms with E-state index in [0.29, 0.717) is 24.8 Å². The molecule has 1 amide bonds. The maximum atomic E-state index is 13.0. The fraction of sp³-hybridized carbons (Fsp3) is 0.417. The Balaban J connectivity index is 2.55. The summed E-state index contributed by atoms with van der Waals surface area (Å²) in [5.41, 5.74) is 12.4. The molecule has 1 rings (SSSR count). The van der Waals surface area contributed by atoms with E-state index in [4.69, 9.17) is 11.5 Å². The first kappa shape index (κ1) is 12.6. The van der Waals surface area contributed by atoms with Crippen LogP contribution in [0, 0.1) is 12.7 Å². The van der Waals surface area contributed by atoms with Gasteiger partial charge in [0.05, 0.1) is 0 Å². The predicted octanol–water partition coefficient (Wildman–Crippen LogP) is 1.79. The lowest BCUT2D eigenvalue weighted by Crippen LogP contribution is -2.14. The highest BCUT2D eigenvalue weighted by Gasteiger charge is 2.08. The number of amides is 1. The van der Waals surface area contributed by atoms with Crippen LogP contribution in [-0.2, 0) is 4.79 Å². The van der Waals surface area contributed by atoms with E-state index in [9.17, 15) is 9.18 Å². The van der Waals surface area contributed by atoms with E-state index in [-0.39, 0.29) is 17.8 Å². The number of halogens is 1. The van der Waals surface area contributed by atoms with Gasteiger partial charge < -0.3 is 11.5 Å². The van der Waals surface area contributed by atoms with E-state index in [0.717, 1.165) is 5.56 Å². The molecule has 1 aromatic carbocycles. The van der Waals surface area contributed by atoms with Crippen molar-refractivity contribution in [1.82, 2.24) is 0 Å². The van der Waals surface area contributed by atoms with E-state index in [2.05, 4.69) is 0 Å². The average Bonchev–Trinajstić information content (AvgIpc) is 2.21. The molecule has 0 aliphatic heterocycles. The van der Waals surface area contributed by atoms with Crippen molar-refractivity contribution in [2.45, 2.75) is 32.2 Å². The van der Waals surface area contributed by atoms with Crippen molar-refractivity contribution in [3.05, 3.63) is 35.1 Å². The van der Waals surface area contributed by atoms with E-state index in [1.807, 2.05) is 0 Å². The summed E-state index contributed by atoms with van der Waals surface area (Å²) in [5.74, 6) is -0.546. The summed E-state index contributed by atoms with van der Waals surface area (Å²) < 4.78 is 13.0. The highest BCUT2D eigenvalue weighted by molar-refractivity contribution is 5.73. The lowest BCUT2D eigenvalue weighted by molar-refractivity contribution is -0.118. The number of rotatable bonds is 5. The van der Waals surface area contributed by atoms with E-state index in [1.165, 1.54) is 6.07 Å². The summed E-state index contributed by atoms with van der Waals surface area (Å²) in [5, 5.41) is 0. The smallest absolute Gasteiger partial charge is 0.217 e. The summed E-state index contributed by atoms with van der Waals surface area (Å²) in [7, 11) is 0. The molecule has 3 nitrogen and oxygen atoms in total. The lowest BCUT2D eigenvalue weighted by atomic mass is 10.00. The normalized spacial score (nSPS) is 12.4. The molecule has 0 radical (unpaired) electrons. The van der Waals surface area contributed by atoms with E-state index in [1.54, 1.807) is 19.1 Å². The molecule has 0 bridgehead atoms. The molecule has 1 unspecified atom stereocenters. The van der Waals surface area contributed by atoms with Crippen molar-refractivity contribution in [2.75, 3.05) is 0 Å². The predicted molar refractivity (Wildman–Crippen MR) is 61.1 cm³/mol. The minimum atomic E-state index is -0.317. The second kappa shape index (κ2) is 5.61. The number of carbonyl (C=O) groups is 1. The summed E-state index contributed by atoms with van der Waals surface area (Å²) >= 11 is 0. The van der Waals surface area contributed by atoms with E-state index < -0.39 is 0 Å². The lowest BCUT2D eigenvalue weighted by Gasteiger charge is -2.12. The van der Waals surface area contributed by atoms with Gasteiger partial charge in [-0.15, -0.1) is 0 Å². The van der Waals surface area contributed by atoms with Gasteiger partial charge in [0.25, 0.3) is 0 Å². The van der Waals surface area contributed by atoms with Crippen LogP contribution in [0.25, 0.3) is 0 Å². The number of primary amides is 1. The van der Waals surface area contributed by atoms with Crippen molar-refractivity contribution in [3.63, 3.8) is 0 Å². The zero-order valence-corrected chi connectivity index (χ0v) is 9.37. The molecular weight excluding hydrogens is 207 g/mol. The van der Waals surface area contributed by atoms with Gasteiger partial charge in [-0.3, -0.25) is 4.79 Å². The number of hydrogen-bond acceptors (Lipinski definition) is 2. The zero-order valence-electron chi connectivity index (χ0n) is 9.37. The zero-order chi connectivity index (χ0) is 12.1. The molecule has 0 aliphatic rings. The Morgan fingerprint density at radius 3 is 2.75 bits per heavy atom. The Kier molecular flexibility index (Phi) is 4.43. The van der Waals surface area contributed by atoms with Gasteiger partial charge in [-0.25, -0.2) is 4.39 Å². The van der Waals surface area contributed by atoms with Crippen LogP contribution in [-0.4, -0.2) is 5.91 Å². The van der Waals surface area contributed by atoms with Crippen molar-refractivity contribution >= 4 is 5.91 Å². The van der Waals surface area contributed by atoms with Crippen LogP contribution in [0.2, 0.25) is 0 Å². The van der Waals surface area contributed by atoms with Gasteiger partial charge in [0.2, 0.25) is 5.91 Å². The number of hydrogen-bond donors (Lipinski definition) is 2. The molecule has 88 valence electrons. The van der Waals surface area contributed by atoms with Crippen molar-refractivity contribution < 1.29 is 9.18 Å². The number of benzene rings is 1. The van der Waals surface area contributed by atoms with Crippen LogP contribution in [0.3, 0.4) is 0 Å². The third-order valence-electron chi connectivity index (χ3n) is 2.55. The minimum absolute atomic E-state index is 0.168. The quantitative estimate of drug-likeness (QED) is 0.800. The highest BCUT2D eigenvalue weighted by Crippen LogP contribution is 2.19. The first-order valence-corrected chi connectivity index (χ1v) is 5.30. The van der Waals surface area contributed by atoms with Gasteiger partial charge in [0.15, 0.2) is 0 Å². The molecule has 1 atom stereocenters. The SMILES string of the molecule is Cc1cc(C(N)CCCC(N)=O)ccc1F. The van der Waals surface area contributed by atoms with Crippen LogP contribution < -0.4 is 11.5 Å². The largest absolute Gasteiger partial charge is 0.370 e. The standard InChI is InChI=1S/C12H17FN2O/c1-8-7-9(5-6-10(8)13)11(14)3-2-4-12(15)16/h5-7,11H,2-4,14H2,1H3,(H2,15,16). The van der Waals surface area contributed by atoms with Gasteiger partial charge in [-0.1, -0.05) is 12.1 Å². The summed E-state index contributed by atoms with van der Waals surface area (Å²) in [6.45, 7) is 1.70. The first-order valence-electron chi connectivity index (χ1n) is 5.30. The molecule has 4 N–H and O–H groups in total. The Morgan fingerprint density at radius 2 is 2.19 bits per heavy atom. The third kappa shape index (κ3) is 3.62. The summed E-state index contributed by atoms with van der Waals surface area (Å²) in [6, 6.07) is 4.67. The fourth-order valence-electron chi connectivity index (χ4n) is 1.56. The van der Waals surface area contributed by atoms with Gasteiger partial charge in [-0.05, 0) is 37.0 Å². The Labute approximate surface area is 94.6 Å². The number of aryl methyl sites for hydroxylation is 1. The van der Waals surface area contributed by atoms with Crippen molar-refractivity contribution in [1.29, 1.82) is 0 Å². The molecule has 4 heteroatoms. The minimum Gasteiger partial charge on any atom is -0.370 e. The molecule has 0 heterocycles. The monoisotopic (exact) mass is 224 g/mol. The molecule has 0 saturated heterocycles. The molecule has 0 saturated carbocycles. The van der Waals surface area contributed by atoms with Crippen molar-refractivity contribution in [2.24, 2.45) is 11.5 Å². The van der Waals surface area contributed by atoms with Crippen LogP contribution in [0.15, 0.2) is 18.2 Å². The Hall–Kier alpha value is -1.42. The first-order chi connectivity index (χ1) is 7.50. The summed E-state index contributed by atoms with van der Waals surface area (Å²) in [4.78, 5) is 10.5. The van der Waals surface area contributed by atoms with E-state index >= 15 is 0 Å². The van der Waals surface area contributed by atoms with Gasteiger partial charge in [-0.2, -0.15) is 0 Å². The molecule has 0 fully saturated rings. The second-order valence-corrected chi connectivity index (χ2v) is 3.97. The van der Waals surface area contributed by atoms with Crippen LogP contribution in [0.5, 0.6) is 0 Å². The molecular formula is C12H17FN2O. The molecule has 0 aromatic heterocycles. The van der Waals surface area contributed by atoms with Crippen LogP contribution >= 0.6 is 0 Å². The molecule has 1 aromatic rings.